The summed E-state index contributed by atoms with van der Waals surface area (Å²) >= 11 is 0. The second-order valence-electron chi connectivity index (χ2n) is 2.70. The normalized spacial score (nSPS) is 10.4. The van der Waals surface area contributed by atoms with E-state index >= 15 is 0 Å². The SMILES string of the molecule is O=C(O)Cc1ccc(F)cc1OC(F)F. The van der Waals surface area contributed by atoms with Crippen LogP contribution in [-0.2, 0) is 11.2 Å². The van der Waals surface area contributed by atoms with Crippen molar-refractivity contribution in [3.05, 3.63) is 29.6 Å². The third-order valence-corrected chi connectivity index (χ3v) is 1.59. The number of halogens is 3. The van der Waals surface area contributed by atoms with Gasteiger partial charge in [0.1, 0.15) is 11.6 Å². The quantitative estimate of drug-likeness (QED) is 0.844. The van der Waals surface area contributed by atoms with E-state index in [0.29, 0.717) is 0 Å². The van der Waals surface area contributed by atoms with Gasteiger partial charge in [-0.15, -0.1) is 0 Å². The lowest BCUT2D eigenvalue weighted by Gasteiger charge is -2.08. The molecule has 0 spiro atoms. The molecule has 0 amide bonds. The van der Waals surface area contributed by atoms with Gasteiger partial charge in [-0.05, 0) is 6.07 Å². The molecule has 0 unspecified atom stereocenters. The minimum Gasteiger partial charge on any atom is -0.481 e. The molecule has 15 heavy (non-hydrogen) atoms. The van der Waals surface area contributed by atoms with Crippen LogP contribution in [0.2, 0.25) is 0 Å². The molecular weight excluding hydrogens is 213 g/mol. The maximum absolute atomic E-state index is 12.7. The summed E-state index contributed by atoms with van der Waals surface area (Å²) in [6, 6.07) is 2.81. The summed E-state index contributed by atoms with van der Waals surface area (Å²) in [5.74, 6) is -2.42. The lowest BCUT2D eigenvalue weighted by molar-refractivity contribution is -0.136. The minimum atomic E-state index is -3.11. The number of alkyl halides is 2. The highest BCUT2D eigenvalue weighted by Gasteiger charge is 2.13. The van der Waals surface area contributed by atoms with Crippen LogP contribution in [0.1, 0.15) is 5.56 Å². The highest BCUT2D eigenvalue weighted by molar-refractivity contribution is 5.71. The van der Waals surface area contributed by atoms with Crippen LogP contribution in [-0.4, -0.2) is 17.7 Å². The van der Waals surface area contributed by atoms with E-state index in [1.165, 1.54) is 0 Å². The molecule has 3 nitrogen and oxygen atoms in total. The maximum atomic E-state index is 12.7. The van der Waals surface area contributed by atoms with Crippen LogP contribution >= 0.6 is 0 Å². The van der Waals surface area contributed by atoms with Gasteiger partial charge in [-0.2, -0.15) is 8.78 Å². The van der Waals surface area contributed by atoms with Crippen LogP contribution in [0, 0.1) is 5.82 Å². The standard InChI is InChI=1S/C9H7F3O3/c10-6-2-1-5(3-8(13)14)7(4-6)15-9(11)12/h1-2,4,9H,3H2,(H,13,14). The molecule has 6 heteroatoms. The van der Waals surface area contributed by atoms with Gasteiger partial charge in [-0.25, -0.2) is 4.39 Å². The number of benzene rings is 1. The Balaban J connectivity index is 2.97. The van der Waals surface area contributed by atoms with E-state index in [1.807, 2.05) is 0 Å². The zero-order valence-electron chi connectivity index (χ0n) is 7.41. The van der Waals surface area contributed by atoms with E-state index < -0.39 is 30.6 Å². The maximum Gasteiger partial charge on any atom is 0.387 e. The monoisotopic (exact) mass is 220 g/mol. The number of rotatable bonds is 4. The van der Waals surface area contributed by atoms with Crippen LogP contribution in [0.15, 0.2) is 18.2 Å². The first-order valence-corrected chi connectivity index (χ1v) is 3.94. The van der Waals surface area contributed by atoms with Gasteiger partial charge in [-0.1, -0.05) is 6.07 Å². The molecule has 1 aromatic rings. The number of ether oxygens (including phenoxy) is 1. The molecule has 0 fully saturated rings. The number of carboxylic acids is 1. The zero-order valence-corrected chi connectivity index (χ0v) is 7.41. The fourth-order valence-corrected chi connectivity index (χ4v) is 1.04. The highest BCUT2D eigenvalue weighted by atomic mass is 19.3. The largest absolute Gasteiger partial charge is 0.481 e. The molecule has 1 N–H and O–H groups in total. The van der Waals surface area contributed by atoms with E-state index in [9.17, 15) is 18.0 Å². The highest BCUT2D eigenvalue weighted by Crippen LogP contribution is 2.22. The Kier molecular flexibility index (Phi) is 3.54. The Morgan fingerprint density at radius 2 is 2.13 bits per heavy atom. The lowest BCUT2D eigenvalue weighted by atomic mass is 10.1. The molecule has 0 heterocycles. The molecule has 0 aliphatic rings. The molecule has 1 aromatic carbocycles. The summed E-state index contributed by atoms with van der Waals surface area (Å²) in [5, 5.41) is 8.46. The average Bonchev–Trinajstić information content (AvgIpc) is 2.08. The summed E-state index contributed by atoms with van der Waals surface area (Å²) in [7, 11) is 0. The van der Waals surface area contributed by atoms with Crippen LogP contribution in [0.5, 0.6) is 5.75 Å². The fourth-order valence-electron chi connectivity index (χ4n) is 1.04. The van der Waals surface area contributed by atoms with Crippen molar-refractivity contribution in [2.24, 2.45) is 0 Å². The van der Waals surface area contributed by atoms with E-state index in [-0.39, 0.29) is 5.56 Å². The Morgan fingerprint density at radius 3 is 2.67 bits per heavy atom. The van der Waals surface area contributed by atoms with Crippen LogP contribution in [0.4, 0.5) is 13.2 Å². The van der Waals surface area contributed by atoms with Crippen molar-refractivity contribution in [3.63, 3.8) is 0 Å². The number of aliphatic carboxylic acids is 1. The summed E-state index contributed by atoms with van der Waals surface area (Å²) in [6.45, 7) is -3.11. The third-order valence-electron chi connectivity index (χ3n) is 1.59. The van der Waals surface area contributed by atoms with Gasteiger partial charge in [-0.3, -0.25) is 4.79 Å². The average molecular weight is 220 g/mol. The molecule has 1 rings (SSSR count). The molecule has 0 bridgehead atoms. The van der Waals surface area contributed by atoms with Crippen molar-refractivity contribution in [2.45, 2.75) is 13.0 Å². The second-order valence-corrected chi connectivity index (χ2v) is 2.70. The Labute approximate surface area is 83.1 Å². The Bertz CT molecular complexity index is 366. The Hall–Kier alpha value is -1.72. The molecule has 0 atom stereocenters. The summed E-state index contributed by atoms with van der Waals surface area (Å²) in [4.78, 5) is 10.4. The van der Waals surface area contributed by atoms with Gasteiger partial charge in [0.05, 0.1) is 6.42 Å². The van der Waals surface area contributed by atoms with Crippen LogP contribution in [0.25, 0.3) is 0 Å². The van der Waals surface area contributed by atoms with Gasteiger partial charge in [0.25, 0.3) is 0 Å². The number of hydrogen-bond acceptors (Lipinski definition) is 2. The summed E-state index contributed by atoms with van der Waals surface area (Å²) < 4.78 is 40.4. The predicted octanol–water partition coefficient (Wildman–Crippen LogP) is 2.05. The van der Waals surface area contributed by atoms with Crippen LogP contribution in [0.3, 0.4) is 0 Å². The molecule has 82 valence electrons. The van der Waals surface area contributed by atoms with Crippen molar-refractivity contribution in [1.82, 2.24) is 0 Å². The van der Waals surface area contributed by atoms with Crippen molar-refractivity contribution >= 4 is 5.97 Å². The topological polar surface area (TPSA) is 46.5 Å². The van der Waals surface area contributed by atoms with E-state index in [0.717, 1.165) is 18.2 Å². The number of hydrogen-bond donors (Lipinski definition) is 1. The first-order valence-electron chi connectivity index (χ1n) is 3.94. The molecule has 0 saturated heterocycles. The first kappa shape index (κ1) is 11.4. The van der Waals surface area contributed by atoms with Crippen molar-refractivity contribution in [3.8, 4) is 5.75 Å². The summed E-state index contributed by atoms with van der Waals surface area (Å²) in [6.07, 6.45) is -0.498. The van der Waals surface area contributed by atoms with Gasteiger partial charge in [0.2, 0.25) is 0 Å². The van der Waals surface area contributed by atoms with Crippen molar-refractivity contribution < 1.29 is 27.8 Å². The van der Waals surface area contributed by atoms with E-state index in [4.69, 9.17) is 5.11 Å². The predicted molar refractivity (Wildman–Crippen MR) is 44.4 cm³/mol. The smallest absolute Gasteiger partial charge is 0.387 e. The fraction of sp³-hybridized carbons (Fsp3) is 0.222. The molecule has 0 aliphatic heterocycles. The molecular formula is C9H7F3O3. The minimum absolute atomic E-state index is 0.00389. The van der Waals surface area contributed by atoms with Gasteiger partial charge in [0.15, 0.2) is 0 Å². The number of carbonyl (C=O) groups is 1. The molecule has 0 aromatic heterocycles. The van der Waals surface area contributed by atoms with Crippen LogP contribution < -0.4 is 4.74 Å². The van der Waals surface area contributed by atoms with E-state index in [1.54, 1.807) is 0 Å². The molecule has 0 radical (unpaired) electrons. The zero-order chi connectivity index (χ0) is 11.4. The second kappa shape index (κ2) is 4.68. The van der Waals surface area contributed by atoms with E-state index in [2.05, 4.69) is 4.74 Å². The van der Waals surface area contributed by atoms with Gasteiger partial charge >= 0.3 is 12.6 Å². The molecule has 0 saturated carbocycles. The Morgan fingerprint density at radius 1 is 1.47 bits per heavy atom. The van der Waals surface area contributed by atoms with Crippen molar-refractivity contribution in [1.29, 1.82) is 0 Å². The third kappa shape index (κ3) is 3.49. The lowest BCUT2D eigenvalue weighted by Crippen LogP contribution is -2.08. The summed E-state index contributed by atoms with van der Waals surface area (Å²) in [5.41, 5.74) is 0.00389. The van der Waals surface area contributed by atoms with Crippen molar-refractivity contribution in [2.75, 3.05) is 0 Å². The van der Waals surface area contributed by atoms with Gasteiger partial charge < -0.3 is 9.84 Å². The number of carboxylic acid groups (broad SMARTS) is 1. The first-order chi connectivity index (χ1) is 6.99. The van der Waals surface area contributed by atoms with Gasteiger partial charge in [0, 0.05) is 11.6 Å². The molecule has 0 aliphatic carbocycles.